The molecule has 0 amide bonds. The number of hydrogen-bond donors (Lipinski definition) is 1. The van der Waals surface area contributed by atoms with Crippen LogP contribution in [0.2, 0.25) is 0 Å². The van der Waals surface area contributed by atoms with E-state index in [4.69, 9.17) is 4.74 Å². The van der Waals surface area contributed by atoms with Gasteiger partial charge in [-0.15, -0.1) is 0 Å². The Hall–Kier alpha value is -0.930. The molecule has 2 saturated carbocycles. The quantitative estimate of drug-likeness (QED) is 0.895. The predicted molar refractivity (Wildman–Crippen MR) is 80.5 cm³/mol. The van der Waals surface area contributed by atoms with Crippen molar-refractivity contribution in [3.63, 3.8) is 0 Å². The molecule has 0 aromatic carbocycles. The largest absolute Gasteiger partial charge is 0.378 e. The molecule has 20 heavy (non-hydrogen) atoms. The van der Waals surface area contributed by atoms with Gasteiger partial charge in [-0.1, -0.05) is 18.9 Å². The van der Waals surface area contributed by atoms with Crippen molar-refractivity contribution >= 4 is 0 Å². The summed E-state index contributed by atoms with van der Waals surface area (Å²) in [5.41, 5.74) is 2.79. The first kappa shape index (κ1) is 14.0. The van der Waals surface area contributed by atoms with Gasteiger partial charge in [-0.05, 0) is 44.7 Å². The number of aromatic nitrogens is 1. The first-order valence-electron chi connectivity index (χ1n) is 8.01. The summed E-state index contributed by atoms with van der Waals surface area (Å²) in [5, 5.41) is 3.76. The maximum absolute atomic E-state index is 5.96. The summed E-state index contributed by atoms with van der Waals surface area (Å²) in [7, 11) is 0. The van der Waals surface area contributed by atoms with Gasteiger partial charge < -0.3 is 10.1 Å². The van der Waals surface area contributed by atoms with Crippen LogP contribution in [0.4, 0.5) is 0 Å². The van der Waals surface area contributed by atoms with Gasteiger partial charge in [0.2, 0.25) is 0 Å². The minimum Gasteiger partial charge on any atom is -0.378 e. The number of nitrogens with one attached hydrogen (secondary N) is 1. The highest BCUT2D eigenvalue weighted by molar-refractivity contribution is 5.15. The van der Waals surface area contributed by atoms with E-state index in [9.17, 15) is 0 Å². The van der Waals surface area contributed by atoms with Crippen molar-refractivity contribution in [3.05, 3.63) is 29.6 Å². The third-order valence-electron chi connectivity index (χ3n) is 5.21. The van der Waals surface area contributed by atoms with Crippen LogP contribution < -0.4 is 5.32 Å². The molecule has 2 aliphatic carbocycles. The lowest BCUT2D eigenvalue weighted by atomic mass is 9.60. The Morgan fingerprint density at radius 3 is 2.80 bits per heavy atom. The molecular formula is C17H26N2O. The molecule has 1 aromatic rings. The van der Waals surface area contributed by atoms with Crippen molar-refractivity contribution in [2.24, 2.45) is 5.41 Å². The zero-order valence-electron chi connectivity index (χ0n) is 12.7. The van der Waals surface area contributed by atoms with Crippen LogP contribution in [0.3, 0.4) is 0 Å². The molecule has 110 valence electrons. The van der Waals surface area contributed by atoms with Crippen LogP contribution in [0.25, 0.3) is 0 Å². The fourth-order valence-electron chi connectivity index (χ4n) is 4.02. The molecule has 0 saturated heterocycles. The van der Waals surface area contributed by atoms with Gasteiger partial charge in [0.1, 0.15) is 0 Å². The van der Waals surface area contributed by atoms with Crippen molar-refractivity contribution < 1.29 is 4.74 Å². The van der Waals surface area contributed by atoms with E-state index in [0.29, 0.717) is 17.6 Å². The zero-order valence-corrected chi connectivity index (χ0v) is 12.7. The molecule has 2 aliphatic rings. The molecule has 1 heterocycles. The summed E-state index contributed by atoms with van der Waals surface area (Å²) in [6.07, 6.45) is 9.06. The van der Waals surface area contributed by atoms with E-state index < -0.39 is 0 Å². The summed E-state index contributed by atoms with van der Waals surface area (Å²) in [6.45, 7) is 5.92. The molecule has 2 unspecified atom stereocenters. The van der Waals surface area contributed by atoms with E-state index in [1.807, 2.05) is 13.1 Å². The molecule has 2 atom stereocenters. The molecule has 3 heteroatoms. The first-order chi connectivity index (χ1) is 9.74. The minimum atomic E-state index is 0.425. The van der Waals surface area contributed by atoms with Crippen molar-refractivity contribution in [1.82, 2.24) is 10.3 Å². The third-order valence-corrected chi connectivity index (χ3v) is 5.21. The first-order valence-corrected chi connectivity index (χ1v) is 8.01. The molecular weight excluding hydrogens is 248 g/mol. The lowest BCUT2D eigenvalue weighted by molar-refractivity contribution is -0.130. The maximum Gasteiger partial charge on any atom is 0.0661 e. The second kappa shape index (κ2) is 5.82. The van der Waals surface area contributed by atoms with Crippen molar-refractivity contribution in [1.29, 1.82) is 0 Å². The van der Waals surface area contributed by atoms with Crippen molar-refractivity contribution in [3.8, 4) is 0 Å². The number of rotatable bonds is 5. The molecule has 3 rings (SSSR count). The van der Waals surface area contributed by atoms with Crippen LogP contribution in [0.5, 0.6) is 0 Å². The highest BCUT2D eigenvalue weighted by atomic mass is 16.5. The fraction of sp³-hybridized carbons (Fsp3) is 0.706. The van der Waals surface area contributed by atoms with Crippen LogP contribution in [0.15, 0.2) is 18.3 Å². The van der Waals surface area contributed by atoms with Crippen molar-refractivity contribution in [2.45, 2.75) is 64.6 Å². The molecule has 0 aliphatic heterocycles. The highest BCUT2D eigenvalue weighted by Gasteiger charge is 2.56. The monoisotopic (exact) mass is 274 g/mol. The Balaban J connectivity index is 1.59. The Labute approximate surface area is 122 Å². The summed E-state index contributed by atoms with van der Waals surface area (Å²) >= 11 is 0. The topological polar surface area (TPSA) is 34.1 Å². The van der Waals surface area contributed by atoms with Crippen LogP contribution in [0, 0.1) is 12.3 Å². The third kappa shape index (κ3) is 2.49. The normalized spacial score (nSPS) is 27.7. The Morgan fingerprint density at radius 1 is 1.35 bits per heavy atom. The summed E-state index contributed by atoms with van der Waals surface area (Å²) in [6, 6.07) is 4.89. The lowest BCUT2D eigenvalue weighted by Gasteiger charge is -2.54. The second-order valence-corrected chi connectivity index (χ2v) is 6.36. The number of aryl methyl sites for hydroxylation is 1. The van der Waals surface area contributed by atoms with E-state index in [1.54, 1.807) is 0 Å². The summed E-state index contributed by atoms with van der Waals surface area (Å²) < 4.78 is 5.96. The van der Waals surface area contributed by atoms with Gasteiger partial charge in [0.05, 0.1) is 6.10 Å². The highest BCUT2D eigenvalue weighted by Crippen LogP contribution is 2.54. The Kier molecular flexibility index (Phi) is 4.08. The Bertz CT molecular complexity index is 437. The fourth-order valence-corrected chi connectivity index (χ4v) is 4.02. The van der Waals surface area contributed by atoms with E-state index in [1.165, 1.54) is 37.7 Å². The summed E-state index contributed by atoms with van der Waals surface area (Å²) in [5.74, 6) is 0. The smallest absolute Gasteiger partial charge is 0.0661 e. The average Bonchev–Trinajstić information content (AvgIpc) is 2.96. The number of nitrogens with zero attached hydrogens (tertiary/aromatic N) is 1. The number of ether oxygens (including phenoxy) is 1. The predicted octanol–water partition coefficient (Wildman–Crippen LogP) is 3.22. The van der Waals surface area contributed by atoms with Gasteiger partial charge in [-0.25, -0.2) is 0 Å². The summed E-state index contributed by atoms with van der Waals surface area (Å²) in [4.78, 5) is 4.37. The van der Waals surface area contributed by atoms with Gasteiger partial charge in [-0.2, -0.15) is 0 Å². The van der Waals surface area contributed by atoms with E-state index in [-0.39, 0.29) is 0 Å². The molecule has 2 fully saturated rings. The van der Waals surface area contributed by atoms with Crippen molar-refractivity contribution in [2.75, 3.05) is 6.61 Å². The minimum absolute atomic E-state index is 0.425. The van der Waals surface area contributed by atoms with Gasteiger partial charge in [0, 0.05) is 36.5 Å². The Morgan fingerprint density at radius 2 is 2.15 bits per heavy atom. The van der Waals surface area contributed by atoms with E-state index in [0.717, 1.165) is 18.8 Å². The van der Waals surface area contributed by atoms with Gasteiger partial charge in [-0.3, -0.25) is 4.98 Å². The molecule has 1 spiro atoms. The van der Waals surface area contributed by atoms with Crippen LogP contribution in [0.1, 0.15) is 50.3 Å². The van der Waals surface area contributed by atoms with Crippen LogP contribution in [-0.4, -0.2) is 23.7 Å². The van der Waals surface area contributed by atoms with Gasteiger partial charge in [0.15, 0.2) is 0 Å². The zero-order chi connectivity index (χ0) is 14.0. The van der Waals surface area contributed by atoms with E-state index in [2.05, 4.69) is 29.4 Å². The second-order valence-electron chi connectivity index (χ2n) is 6.36. The molecule has 3 nitrogen and oxygen atoms in total. The molecule has 1 N–H and O–H groups in total. The van der Waals surface area contributed by atoms with Gasteiger partial charge >= 0.3 is 0 Å². The van der Waals surface area contributed by atoms with Gasteiger partial charge in [0.25, 0.3) is 0 Å². The molecule has 1 aromatic heterocycles. The van der Waals surface area contributed by atoms with Crippen LogP contribution >= 0.6 is 0 Å². The molecule has 0 radical (unpaired) electrons. The number of pyridine rings is 1. The SMILES string of the molecule is CCOC1CC(NCc2ccc(C)nc2)C12CCCC2. The lowest BCUT2D eigenvalue weighted by Crippen LogP contribution is -2.62. The van der Waals surface area contributed by atoms with Crippen LogP contribution in [-0.2, 0) is 11.3 Å². The van der Waals surface area contributed by atoms with E-state index >= 15 is 0 Å². The number of hydrogen-bond acceptors (Lipinski definition) is 3. The molecule has 0 bridgehead atoms. The standard InChI is InChI=1S/C17H26N2O/c1-3-20-16-10-15(17(16)8-4-5-9-17)19-12-14-7-6-13(2)18-11-14/h6-7,11,15-16,19H,3-5,8-10,12H2,1-2H3. The average molecular weight is 274 g/mol. The maximum atomic E-state index is 5.96.